The quantitative estimate of drug-likeness (QED) is 0.801. The summed E-state index contributed by atoms with van der Waals surface area (Å²) in [5.41, 5.74) is -0.542. The van der Waals surface area contributed by atoms with Crippen LogP contribution in [0, 0.1) is 17.8 Å². The number of hydrogen-bond acceptors (Lipinski definition) is 4. The van der Waals surface area contributed by atoms with Gasteiger partial charge < -0.3 is 14.9 Å². The second-order valence-corrected chi connectivity index (χ2v) is 5.65. The SMILES string of the molecule is O=C(OC[C@H]1C[C@@H]2CC2[C@@]1(O)CO)c1ccccc1. The van der Waals surface area contributed by atoms with E-state index in [0.29, 0.717) is 11.5 Å². The molecule has 0 saturated heterocycles. The molecule has 0 heterocycles. The summed E-state index contributed by atoms with van der Waals surface area (Å²) in [6, 6.07) is 8.81. The minimum atomic E-state index is -1.05. The van der Waals surface area contributed by atoms with Gasteiger partial charge in [0.15, 0.2) is 0 Å². The van der Waals surface area contributed by atoms with Gasteiger partial charge in [-0.25, -0.2) is 4.79 Å². The van der Waals surface area contributed by atoms with Crippen LogP contribution in [0.1, 0.15) is 23.2 Å². The highest BCUT2D eigenvalue weighted by atomic mass is 16.5. The molecule has 2 aliphatic carbocycles. The first-order valence-electron chi connectivity index (χ1n) is 6.70. The van der Waals surface area contributed by atoms with Crippen LogP contribution in [-0.4, -0.2) is 35.0 Å². The molecule has 2 fully saturated rings. The molecule has 3 rings (SSSR count). The summed E-state index contributed by atoms with van der Waals surface area (Å²) in [5, 5.41) is 19.8. The lowest BCUT2D eigenvalue weighted by molar-refractivity contribution is -0.0798. The van der Waals surface area contributed by atoms with Gasteiger partial charge in [-0.05, 0) is 36.8 Å². The van der Waals surface area contributed by atoms with Crippen LogP contribution >= 0.6 is 0 Å². The largest absolute Gasteiger partial charge is 0.462 e. The lowest BCUT2D eigenvalue weighted by atomic mass is 9.87. The predicted molar refractivity (Wildman–Crippen MR) is 68.5 cm³/mol. The Kier molecular flexibility index (Phi) is 3.07. The third-order valence-electron chi connectivity index (χ3n) is 4.54. The van der Waals surface area contributed by atoms with E-state index in [4.69, 9.17) is 4.74 Å². The number of aliphatic hydroxyl groups excluding tert-OH is 1. The number of hydrogen-bond donors (Lipinski definition) is 2. The van der Waals surface area contributed by atoms with Gasteiger partial charge in [0, 0.05) is 5.92 Å². The second-order valence-electron chi connectivity index (χ2n) is 5.65. The van der Waals surface area contributed by atoms with Crippen LogP contribution in [0.25, 0.3) is 0 Å². The summed E-state index contributed by atoms with van der Waals surface area (Å²) >= 11 is 0. The van der Waals surface area contributed by atoms with E-state index < -0.39 is 5.60 Å². The highest BCUT2D eigenvalue weighted by Gasteiger charge is 2.62. The fourth-order valence-corrected chi connectivity index (χ4v) is 3.29. The summed E-state index contributed by atoms with van der Waals surface area (Å²) in [6.45, 7) is -0.0699. The van der Waals surface area contributed by atoms with Crippen LogP contribution in [-0.2, 0) is 4.74 Å². The molecule has 0 amide bonds. The molecule has 0 aromatic heterocycles. The molecule has 1 aromatic rings. The number of rotatable bonds is 4. The van der Waals surface area contributed by atoms with E-state index in [2.05, 4.69) is 0 Å². The Morgan fingerprint density at radius 3 is 2.74 bits per heavy atom. The number of carbonyl (C=O) groups is 1. The molecule has 0 radical (unpaired) electrons. The first-order chi connectivity index (χ1) is 9.15. The summed E-state index contributed by atoms with van der Waals surface area (Å²) in [5.74, 6) is 0.172. The van der Waals surface area contributed by atoms with Crippen molar-refractivity contribution in [3.05, 3.63) is 35.9 Å². The fourth-order valence-electron chi connectivity index (χ4n) is 3.29. The molecule has 0 spiro atoms. The summed E-state index contributed by atoms with van der Waals surface area (Å²) in [7, 11) is 0. The average Bonchev–Trinajstić information content (AvgIpc) is 3.18. The van der Waals surface area contributed by atoms with Gasteiger partial charge in [0.25, 0.3) is 0 Å². The molecule has 4 nitrogen and oxygen atoms in total. The minimum Gasteiger partial charge on any atom is -0.462 e. The third-order valence-corrected chi connectivity index (χ3v) is 4.54. The highest BCUT2D eigenvalue weighted by Crippen LogP contribution is 2.59. The number of esters is 1. The third kappa shape index (κ3) is 2.15. The molecule has 0 bridgehead atoms. The first-order valence-corrected chi connectivity index (χ1v) is 6.70. The van der Waals surface area contributed by atoms with E-state index in [1.165, 1.54) is 0 Å². The monoisotopic (exact) mass is 262 g/mol. The molecule has 2 N–H and O–H groups in total. The summed E-state index contributed by atoms with van der Waals surface area (Å²) in [6.07, 6.45) is 1.82. The van der Waals surface area contributed by atoms with E-state index in [-0.39, 0.29) is 31.0 Å². The highest BCUT2D eigenvalue weighted by molar-refractivity contribution is 5.89. The lowest BCUT2D eigenvalue weighted by Gasteiger charge is -2.30. The Bertz CT molecular complexity index is 472. The topological polar surface area (TPSA) is 66.8 Å². The second kappa shape index (κ2) is 4.62. The lowest BCUT2D eigenvalue weighted by Crippen LogP contribution is -2.43. The van der Waals surface area contributed by atoms with E-state index in [1.54, 1.807) is 24.3 Å². The normalized spacial score (nSPS) is 35.8. The van der Waals surface area contributed by atoms with E-state index in [1.807, 2.05) is 6.07 Å². The Morgan fingerprint density at radius 1 is 1.32 bits per heavy atom. The van der Waals surface area contributed by atoms with Crippen LogP contribution < -0.4 is 0 Å². The number of aliphatic hydroxyl groups is 2. The van der Waals surface area contributed by atoms with Gasteiger partial charge in [-0.1, -0.05) is 18.2 Å². The molecule has 0 aliphatic heterocycles. The standard InChI is InChI=1S/C15H18O4/c16-9-15(18)12(6-11-7-13(11)15)8-19-14(17)10-4-2-1-3-5-10/h1-5,11-13,16,18H,6-9H2/t11-,12-,13?,15-/m1/s1. The zero-order valence-corrected chi connectivity index (χ0v) is 10.7. The van der Waals surface area contributed by atoms with Crippen molar-refractivity contribution in [2.75, 3.05) is 13.2 Å². The fraction of sp³-hybridized carbons (Fsp3) is 0.533. The predicted octanol–water partition coefficient (Wildman–Crippen LogP) is 1.22. The number of carbonyl (C=O) groups excluding carboxylic acids is 1. The van der Waals surface area contributed by atoms with E-state index in [9.17, 15) is 15.0 Å². The van der Waals surface area contributed by atoms with Crippen LogP contribution in [0.5, 0.6) is 0 Å². The number of benzene rings is 1. The molecular weight excluding hydrogens is 244 g/mol. The molecule has 19 heavy (non-hydrogen) atoms. The Labute approximate surface area is 112 Å². The Balaban J connectivity index is 1.60. The van der Waals surface area contributed by atoms with Crippen molar-refractivity contribution < 1.29 is 19.7 Å². The summed E-state index contributed by atoms with van der Waals surface area (Å²) < 4.78 is 5.27. The smallest absolute Gasteiger partial charge is 0.338 e. The van der Waals surface area contributed by atoms with Gasteiger partial charge in [-0.3, -0.25) is 0 Å². The number of fused-ring (bicyclic) bond motifs is 1. The van der Waals surface area contributed by atoms with Gasteiger partial charge in [-0.15, -0.1) is 0 Å². The Hall–Kier alpha value is -1.39. The van der Waals surface area contributed by atoms with E-state index >= 15 is 0 Å². The van der Waals surface area contributed by atoms with Crippen molar-refractivity contribution in [1.29, 1.82) is 0 Å². The van der Waals surface area contributed by atoms with Gasteiger partial charge in [0.05, 0.1) is 24.4 Å². The maximum absolute atomic E-state index is 11.8. The summed E-state index contributed by atoms with van der Waals surface area (Å²) in [4.78, 5) is 11.8. The maximum Gasteiger partial charge on any atom is 0.338 e. The van der Waals surface area contributed by atoms with Crippen molar-refractivity contribution in [3.8, 4) is 0 Å². The van der Waals surface area contributed by atoms with Crippen LogP contribution in [0.4, 0.5) is 0 Å². The first kappa shape index (κ1) is 12.6. The molecule has 4 atom stereocenters. The molecule has 4 heteroatoms. The Morgan fingerprint density at radius 2 is 2.05 bits per heavy atom. The van der Waals surface area contributed by atoms with Crippen molar-refractivity contribution in [1.82, 2.24) is 0 Å². The van der Waals surface area contributed by atoms with Gasteiger partial charge in [0.1, 0.15) is 0 Å². The molecular formula is C15H18O4. The zero-order valence-electron chi connectivity index (χ0n) is 10.7. The minimum absolute atomic E-state index is 0.145. The molecule has 102 valence electrons. The van der Waals surface area contributed by atoms with Crippen LogP contribution in [0.2, 0.25) is 0 Å². The molecule has 1 unspecified atom stereocenters. The van der Waals surface area contributed by atoms with Gasteiger partial charge in [0.2, 0.25) is 0 Å². The molecule has 2 aliphatic rings. The van der Waals surface area contributed by atoms with Gasteiger partial charge in [-0.2, -0.15) is 0 Å². The van der Waals surface area contributed by atoms with E-state index in [0.717, 1.165) is 12.8 Å². The van der Waals surface area contributed by atoms with Crippen LogP contribution in [0.3, 0.4) is 0 Å². The average molecular weight is 262 g/mol. The van der Waals surface area contributed by atoms with Crippen LogP contribution in [0.15, 0.2) is 30.3 Å². The van der Waals surface area contributed by atoms with Gasteiger partial charge >= 0.3 is 5.97 Å². The number of ether oxygens (including phenoxy) is 1. The van der Waals surface area contributed by atoms with Crippen molar-refractivity contribution >= 4 is 5.97 Å². The maximum atomic E-state index is 11.8. The molecule has 2 saturated carbocycles. The molecule has 1 aromatic carbocycles. The van der Waals surface area contributed by atoms with Crippen molar-refractivity contribution in [2.45, 2.75) is 18.4 Å². The van der Waals surface area contributed by atoms with Crippen molar-refractivity contribution in [2.24, 2.45) is 17.8 Å². The van der Waals surface area contributed by atoms with Crippen molar-refractivity contribution in [3.63, 3.8) is 0 Å². The zero-order chi connectivity index (χ0) is 13.5.